The maximum absolute atomic E-state index is 12.6. The monoisotopic (exact) mass is 274 g/mol. The van der Waals surface area contributed by atoms with Crippen molar-refractivity contribution >= 4 is 5.91 Å². The SMILES string of the molecule is CCc1noc(C)c1C(=O)N1CC[C@@H](c2ccn[nH]2)C1. The Kier molecular flexibility index (Phi) is 3.30. The Morgan fingerprint density at radius 3 is 3.15 bits per heavy atom. The lowest BCUT2D eigenvalue weighted by molar-refractivity contribution is 0.0788. The van der Waals surface area contributed by atoms with E-state index >= 15 is 0 Å². The predicted octanol–water partition coefficient (Wildman–Crippen LogP) is 1.90. The molecule has 20 heavy (non-hydrogen) atoms. The summed E-state index contributed by atoms with van der Waals surface area (Å²) >= 11 is 0. The minimum Gasteiger partial charge on any atom is -0.361 e. The lowest BCUT2D eigenvalue weighted by Gasteiger charge is -2.16. The van der Waals surface area contributed by atoms with E-state index in [0.717, 1.165) is 30.9 Å². The molecule has 2 aromatic rings. The minimum absolute atomic E-state index is 0.0302. The average Bonchev–Trinajstić information content (AvgIpc) is 3.17. The van der Waals surface area contributed by atoms with Gasteiger partial charge >= 0.3 is 0 Å². The molecular weight excluding hydrogens is 256 g/mol. The highest BCUT2D eigenvalue weighted by atomic mass is 16.5. The molecule has 0 aliphatic carbocycles. The first-order valence-electron chi connectivity index (χ1n) is 6.94. The van der Waals surface area contributed by atoms with Gasteiger partial charge in [-0.2, -0.15) is 5.10 Å². The standard InChI is InChI=1S/C14H18N4O2/c1-3-11-13(9(2)20-17-11)14(19)18-7-5-10(8-18)12-4-6-15-16-12/h4,6,10H,3,5,7-8H2,1-2H3,(H,15,16)/t10-/m1/s1. The number of nitrogens with one attached hydrogen (secondary N) is 1. The fraction of sp³-hybridized carbons (Fsp3) is 0.500. The maximum atomic E-state index is 12.6. The molecule has 3 heterocycles. The van der Waals surface area contributed by atoms with Crippen LogP contribution in [0.3, 0.4) is 0 Å². The van der Waals surface area contributed by atoms with Crippen molar-refractivity contribution in [1.29, 1.82) is 0 Å². The summed E-state index contributed by atoms with van der Waals surface area (Å²) in [6, 6.07) is 1.97. The number of hydrogen-bond acceptors (Lipinski definition) is 4. The van der Waals surface area contributed by atoms with Gasteiger partial charge in [-0.3, -0.25) is 9.89 Å². The molecule has 6 nitrogen and oxygen atoms in total. The molecule has 3 rings (SSSR count). The molecule has 0 spiro atoms. The smallest absolute Gasteiger partial charge is 0.259 e. The van der Waals surface area contributed by atoms with Gasteiger partial charge in [-0.25, -0.2) is 0 Å². The molecule has 0 saturated carbocycles. The van der Waals surface area contributed by atoms with Crippen LogP contribution in [0.1, 0.15) is 46.8 Å². The summed E-state index contributed by atoms with van der Waals surface area (Å²) < 4.78 is 5.15. The molecule has 0 unspecified atom stereocenters. The molecule has 1 amide bonds. The zero-order valence-corrected chi connectivity index (χ0v) is 11.7. The Bertz CT molecular complexity index is 603. The molecule has 0 radical (unpaired) electrons. The highest BCUT2D eigenvalue weighted by Gasteiger charge is 2.31. The van der Waals surface area contributed by atoms with E-state index in [-0.39, 0.29) is 5.91 Å². The molecule has 1 atom stereocenters. The molecule has 1 N–H and O–H groups in total. The largest absolute Gasteiger partial charge is 0.361 e. The fourth-order valence-electron chi connectivity index (χ4n) is 2.78. The normalized spacial score (nSPS) is 18.7. The minimum atomic E-state index is 0.0302. The van der Waals surface area contributed by atoms with Gasteiger partial charge in [0.25, 0.3) is 5.91 Å². The molecule has 1 aliphatic heterocycles. The van der Waals surface area contributed by atoms with Gasteiger partial charge < -0.3 is 9.42 Å². The van der Waals surface area contributed by atoms with Crippen LogP contribution in [0, 0.1) is 6.92 Å². The molecule has 0 aromatic carbocycles. The van der Waals surface area contributed by atoms with Crippen molar-refractivity contribution in [2.75, 3.05) is 13.1 Å². The Labute approximate surface area is 117 Å². The first-order chi connectivity index (χ1) is 9.70. The Morgan fingerprint density at radius 1 is 1.60 bits per heavy atom. The van der Waals surface area contributed by atoms with Crippen LogP contribution in [0.15, 0.2) is 16.8 Å². The van der Waals surface area contributed by atoms with E-state index in [1.807, 2.05) is 17.9 Å². The number of nitrogens with zero attached hydrogens (tertiary/aromatic N) is 3. The Balaban J connectivity index is 1.77. The van der Waals surface area contributed by atoms with Crippen molar-refractivity contribution in [2.24, 2.45) is 0 Å². The molecule has 0 bridgehead atoms. The Hall–Kier alpha value is -2.11. The summed E-state index contributed by atoms with van der Waals surface area (Å²) in [5.41, 5.74) is 2.48. The number of aryl methyl sites for hydroxylation is 2. The van der Waals surface area contributed by atoms with Crippen LogP contribution in [-0.4, -0.2) is 39.3 Å². The van der Waals surface area contributed by atoms with E-state index in [1.54, 1.807) is 13.1 Å². The molecule has 1 saturated heterocycles. The first-order valence-corrected chi connectivity index (χ1v) is 6.94. The van der Waals surface area contributed by atoms with Crippen molar-refractivity contribution < 1.29 is 9.32 Å². The summed E-state index contributed by atoms with van der Waals surface area (Å²) in [6.07, 6.45) is 3.41. The number of carbonyl (C=O) groups is 1. The van der Waals surface area contributed by atoms with E-state index in [0.29, 0.717) is 23.7 Å². The number of rotatable bonds is 3. The van der Waals surface area contributed by atoms with Crippen molar-refractivity contribution in [3.05, 3.63) is 35.0 Å². The third kappa shape index (κ3) is 2.11. The van der Waals surface area contributed by atoms with Crippen LogP contribution >= 0.6 is 0 Å². The number of aromatic nitrogens is 3. The van der Waals surface area contributed by atoms with Gasteiger partial charge in [-0.15, -0.1) is 0 Å². The van der Waals surface area contributed by atoms with Crippen LogP contribution in [0.5, 0.6) is 0 Å². The lowest BCUT2D eigenvalue weighted by atomic mass is 10.1. The second-order valence-corrected chi connectivity index (χ2v) is 5.16. The van der Waals surface area contributed by atoms with Crippen LogP contribution in [-0.2, 0) is 6.42 Å². The molecule has 2 aromatic heterocycles. The number of likely N-dealkylation sites (tertiary alicyclic amines) is 1. The van der Waals surface area contributed by atoms with E-state index in [4.69, 9.17) is 4.52 Å². The highest BCUT2D eigenvalue weighted by Crippen LogP contribution is 2.28. The third-order valence-electron chi connectivity index (χ3n) is 3.92. The highest BCUT2D eigenvalue weighted by molar-refractivity contribution is 5.96. The third-order valence-corrected chi connectivity index (χ3v) is 3.92. The fourth-order valence-corrected chi connectivity index (χ4v) is 2.78. The van der Waals surface area contributed by atoms with Crippen LogP contribution < -0.4 is 0 Å². The van der Waals surface area contributed by atoms with E-state index < -0.39 is 0 Å². The second-order valence-electron chi connectivity index (χ2n) is 5.16. The zero-order valence-electron chi connectivity index (χ0n) is 11.7. The van der Waals surface area contributed by atoms with Crippen molar-refractivity contribution in [3.8, 4) is 0 Å². The predicted molar refractivity (Wildman–Crippen MR) is 72.5 cm³/mol. The molecule has 6 heteroatoms. The number of H-pyrrole nitrogens is 1. The topological polar surface area (TPSA) is 75.0 Å². The summed E-state index contributed by atoms with van der Waals surface area (Å²) in [4.78, 5) is 14.5. The van der Waals surface area contributed by atoms with Crippen LogP contribution in [0.4, 0.5) is 0 Å². The molecular formula is C14H18N4O2. The van der Waals surface area contributed by atoms with Crippen molar-refractivity contribution in [1.82, 2.24) is 20.3 Å². The molecule has 1 fully saturated rings. The summed E-state index contributed by atoms with van der Waals surface area (Å²) in [5.74, 6) is 0.978. The first kappa shape index (κ1) is 12.9. The van der Waals surface area contributed by atoms with E-state index in [2.05, 4.69) is 15.4 Å². The molecule has 106 valence electrons. The van der Waals surface area contributed by atoms with Gasteiger partial charge in [0.1, 0.15) is 11.3 Å². The number of carbonyl (C=O) groups excluding carboxylic acids is 1. The lowest BCUT2D eigenvalue weighted by Crippen LogP contribution is -2.29. The average molecular weight is 274 g/mol. The second kappa shape index (κ2) is 5.11. The van der Waals surface area contributed by atoms with Gasteiger partial charge in [0.15, 0.2) is 0 Å². The summed E-state index contributed by atoms with van der Waals surface area (Å²) in [6.45, 7) is 5.25. The quantitative estimate of drug-likeness (QED) is 0.927. The van der Waals surface area contributed by atoms with Gasteiger partial charge in [0.2, 0.25) is 0 Å². The van der Waals surface area contributed by atoms with E-state index in [1.165, 1.54) is 0 Å². The number of aromatic amines is 1. The summed E-state index contributed by atoms with van der Waals surface area (Å²) in [5, 5.41) is 10.9. The summed E-state index contributed by atoms with van der Waals surface area (Å²) in [7, 11) is 0. The number of hydrogen-bond donors (Lipinski definition) is 1. The van der Waals surface area contributed by atoms with E-state index in [9.17, 15) is 4.79 Å². The van der Waals surface area contributed by atoms with Crippen LogP contribution in [0.2, 0.25) is 0 Å². The van der Waals surface area contributed by atoms with Crippen LogP contribution in [0.25, 0.3) is 0 Å². The van der Waals surface area contributed by atoms with Gasteiger partial charge in [0.05, 0.1) is 5.69 Å². The Morgan fingerprint density at radius 2 is 2.45 bits per heavy atom. The maximum Gasteiger partial charge on any atom is 0.259 e. The van der Waals surface area contributed by atoms with Gasteiger partial charge in [-0.05, 0) is 25.8 Å². The zero-order chi connectivity index (χ0) is 14.1. The van der Waals surface area contributed by atoms with Gasteiger partial charge in [0, 0.05) is 30.9 Å². The number of amides is 1. The van der Waals surface area contributed by atoms with Crippen molar-refractivity contribution in [2.45, 2.75) is 32.6 Å². The van der Waals surface area contributed by atoms with Crippen molar-refractivity contribution in [3.63, 3.8) is 0 Å². The molecule has 1 aliphatic rings. The van der Waals surface area contributed by atoms with Gasteiger partial charge in [-0.1, -0.05) is 12.1 Å².